The van der Waals surface area contributed by atoms with Crippen LogP contribution in [-0.4, -0.2) is 50.6 Å². The number of hydrogen-bond donors (Lipinski definition) is 2. The molecule has 1 aromatic carbocycles. The minimum absolute atomic E-state index is 0.0178. The summed E-state index contributed by atoms with van der Waals surface area (Å²) in [4.78, 5) is 11.4. The quantitative estimate of drug-likeness (QED) is 0.733. The number of hydrogen-bond acceptors (Lipinski definition) is 5. The zero-order chi connectivity index (χ0) is 15.3. The van der Waals surface area contributed by atoms with Crippen LogP contribution in [0.2, 0.25) is 0 Å². The zero-order valence-electron chi connectivity index (χ0n) is 11.6. The van der Waals surface area contributed by atoms with Crippen LogP contribution in [0.4, 0.5) is 5.69 Å². The van der Waals surface area contributed by atoms with Gasteiger partial charge in [0.25, 0.3) is 0 Å². The summed E-state index contributed by atoms with van der Waals surface area (Å²) in [5.74, 6) is 0.0846. The number of carbonyl (C=O) groups excluding carboxylic acids is 1. The van der Waals surface area contributed by atoms with Gasteiger partial charge in [0.05, 0.1) is 12.3 Å². The standard InChI is InChI=1S/C13H19N3O4S/c14-11-3-1-4-12(9-11)20-7-8-21(18,19)16-6-2-5-15-13(17)10-16/h1,3-4,9H,2,5-8,10,14H2,(H,15,17). The number of anilines is 1. The highest BCUT2D eigenvalue weighted by atomic mass is 32.2. The number of nitrogen functional groups attached to an aromatic ring is 1. The number of nitrogens with one attached hydrogen (secondary N) is 1. The summed E-state index contributed by atoms with van der Waals surface area (Å²) in [6.45, 7) is 0.745. The van der Waals surface area contributed by atoms with E-state index in [0.29, 0.717) is 30.9 Å². The fourth-order valence-electron chi connectivity index (χ4n) is 2.01. The van der Waals surface area contributed by atoms with Gasteiger partial charge < -0.3 is 15.8 Å². The summed E-state index contributed by atoms with van der Waals surface area (Å²) >= 11 is 0. The lowest BCUT2D eigenvalue weighted by Gasteiger charge is -2.18. The second kappa shape index (κ2) is 6.77. The molecule has 2 rings (SSSR count). The van der Waals surface area contributed by atoms with Gasteiger partial charge >= 0.3 is 0 Å². The molecule has 0 radical (unpaired) electrons. The molecule has 1 aliphatic rings. The molecule has 7 nitrogen and oxygen atoms in total. The molecule has 1 amide bonds. The van der Waals surface area contributed by atoms with Crippen LogP contribution in [0.3, 0.4) is 0 Å². The Bertz CT molecular complexity index is 603. The molecular weight excluding hydrogens is 294 g/mol. The maximum Gasteiger partial charge on any atom is 0.235 e. The van der Waals surface area contributed by atoms with E-state index in [2.05, 4.69) is 5.32 Å². The highest BCUT2D eigenvalue weighted by Crippen LogP contribution is 2.14. The van der Waals surface area contributed by atoms with Crippen molar-refractivity contribution in [2.24, 2.45) is 0 Å². The van der Waals surface area contributed by atoms with E-state index in [1.165, 1.54) is 4.31 Å². The minimum atomic E-state index is -3.50. The predicted octanol–water partition coefficient (Wildman–Crippen LogP) is -0.201. The predicted molar refractivity (Wildman–Crippen MR) is 79.3 cm³/mol. The Balaban J connectivity index is 1.90. The second-order valence-electron chi connectivity index (χ2n) is 4.77. The highest BCUT2D eigenvalue weighted by molar-refractivity contribution is 7.89. The maximum absolute atomic E-state index is 12.2. The van der Waals surface area contributed by atoms with E-state index >= 15 is 0 Å². The molecule has 1 fully saturated rings. The van der Waals surface area contributed by atoms with Gasteiger partial charge in [-0.2, -0.15) is 4.31 Å². The molecule has 0 unspecified atom stereocenters. The highest BCUT2D eigenvalue weighted by Gasteiger charge is 2.26. The zero-order valence-corrected chi connectivity index (χ0v) is 12.4. The summed E-state index contributed by atoms with van der Waals surface area (Å²) in [5.41, 5.74) is 6.17. The van der Waals surface area contributed by atoms with Crippen molar-refractivity contribution in [1.29, 1.82) is 0 Å². The first-order valence-corrected chi connectivity index (χ1v) is 8.31. The molecule has 1 saturated heterocycles. The van der Waals surface area contributed by atoms with Gasteiger partial charge in [0.15, 0.2) is 0 Å². The number of rotatable bonds is 5. The average molecular weight is 313 g/mol. The first-order valence-electron chi connectivity index (χ1n) is 6.70. The lowest BCUT2D eigenvalue weighted by molar-refractivity contribution is -0.120. The van der Waals surface area contributed by atoms with Crippen molar-refractivity contribution < 1.29 is 17.9 Å². The first-order chi connectivity index (χ1) is 9.97. The van der Waals surface area contributed by atoms with E-state index in [1.807, 2.05) is 0 Å². The van der Waals surface area contributed by atoms with Gasteiger partial charge in [0.1, 0.15) is 12.4 Å². The molecule has 3 N–H and O–H groups in total. The number of ether oxygens (including phenoxy) is 1. The fourth-order valence-corrected chi connectivity index (χ4v) is 3.29. The lowest BCUT2D eigenvalue weighted by atomic mass is 10.3. The normalized spacial score (nSPS) is 17.0. The van der Waals surface area contributed by atoms with Crippen molar-refractivity contribution in [3.63, 3.8) is 0 Å². The molecule has 116 valence electrons. The lowest BCUT2D eigenvalue weighted by Crippen LogP contribution is -2.39. The van der Waals surface area contributed by atoms with E-state index in [1.54, 1.807) is 24.3 Å². The molecule has 0 bridgehead atoms. The molecule has 0 saturated carbocycles. The molecule has 0 aliphatic carbocycles. The Morgan fingerprint density at radius 2 is 2.19 bits per heavy atom. The average Bonchev–Trinajstić information content (AvgIpc) is 2.64. The number of amides is 1. The van der Waals surface area contributed by atoms with Gasteiger partial charge in [-0.3, -0.25) is 4.79 Å². The molecule has 0 aromatic heterocycles. The Kier molecular flexibility index (Phi) is 5.03. The number of carbonyl (C=O) groups is 1. The molecule has 1 heterocycles. The molecule has 8 heteroatoms. The Morgan fingerprint density at radius 3 is 2.95 bits per heavy atom. The summed E-state index contributed by atoms with van der Waals surface area (Å²) in [5, 5.41) is 2.64. The topological polar surface area (TPSA) is 102 Å². The van der Waals surface area contributed by atoms with E-state index in [4.69, 9.17) is 10.5 Å². The summed E-state index contributed by atoms with van der Waals surface area (Å²) in [6, 6.07) is 6.80. The van der Waals surface area contributed by atoms with Crippen molar-refractivity contribution in [2.75, 3.05) is 37.7 Å². The number of sulfonamides is 1. The third-order valence-corrected chi connectivity index (χ3v) is 4.87. The van der Waals surface area contributed by atoms with Crippen molar-refractivity contribution in [2.45, 2.75) is 6.42 Å². The van der Waals surface area contributed by atoms with E-state index in [0.717, 1.165) is 0 Å². The second-order valence-corrected chi connectivity index (χ2v) is 6.86. The van der Waals surface area contributed by atoms with E-state index < -0.39 is 10.0 Å². The molecule has 1 aromatic rings. The van der Waals surface area contributed by atoms with Crippen molar-refractivity contribution in [3.8, 4) is 5.75 Å². The Morgan fingerprint density at radius 1 is 1.38 bits per heavy atom. The largest absolute Gasteiger partial charge is 0.492 e. The van der Waals surface area contributed by atoms with Gasteiger partial charge in [-0.25, -0.2) is 8.42 Å². The van der Waals surface area contributed by atoms with Crippen LogP contribution in [0.15, 0.2) is 24.3 Å². The van der Waals surface area contributed by atoms with E-state index in [-0.39, 0.29) is 24.8 Å². The summed E-state index contributed by atoms with van der Waals surface area (Å²) < 4.78 is 31.0. The fraction of sp³-hybridized carbons (Fsp3) is 0.462. The van der Waals surface area contributed by atoms with E-state index in [9.17, 15) is 13.2 Å². The monoisotopic (exact) mass is 313 g/mol. The van der Waals surface area contributed by atoms with Crippen LogP contribution in [0.25, 0.3) is 0 Å². The molecule has 1 aliphatic heterocycles. The molecule has 0 spiro atoms. The number of benzene rings is 1. The smallest absolute Gasteiger partial charge is 0.235 e. The van der Waals surface area contributed by atoms with Crippen LogP contribution < -0.4 is 15.8 Å². The van der Waals surface area contributed by atoms with Crippen molar-refractivity contribution in [3.05, 3.63) is 24.3 Å². The maximum atomic E-state index is 12.2. The molecular formula is C13H19N3O4S. The van der Waals surface area contributed by atoms with Gasteiger partial charge in [0.2, 0.25) is 15.9 Å². The summed E-state index contributed by atoms with van der Waals surface area (Å²) in [7, 11) is -3.50. The Hall–Kier alpha value is -1.80. The number of nitrogens with two attached hydrogens (primary N) is 1. The van der Waals surface area contributed by atoms with Crippen LogP contribution in [0.1, 0.15) is 6.42 Å². The van der Waals surface area contributed by atoms with Gasteiger partial charge in [-0.05, 0) is 18.6 Å². The third-order valence-electron chi connectivity index (χ3n) is 3.09. The van der Waals surface area contributed by atoms with Crippen LogP contribution in [0.5, 0.6) is 5.75 Å². The number of nitrogens with zero attached hydrogens (tertiary/aromatic N) is 1. The molecule has 21 heavy (non-hydrogen) atoms. The minimum Gasteiger partial charge on any atom is -0.492 e. The first kappa shape index (κ1) is 15.6. The van der Waals surface area contributed by atoms with Gasteiger partial charge in [0, 0.05) is 24.8 Å². The van der Waals surface area contributed by atoms with Crippen molar-refractivity contribution in [1.82, 2.24) is 9.62 Å². The van der Waals surface area contributed by atoms with Crippen LogP contribution in [0, 0.1) is 0 Å². The van der Waals surface area contributed by atoms with Crippen LogP contribution in [-0.2, 0) is 14.8 Å². The van der Waals surface area contributed by atoms with Gasteiger partial charge in [-0.1, -0.05) is 6.07 Å². The van der Waals surface area contributed by atoms with Gasteiger partial charge in [-0.15, -0.1) is 0 Å². The summed E-state index contributed by atoms with van der Waals surface area (Å²) in [6.07, 6.45) is 0.612. The third kappa shape index (κ3) is 4.61. The van der Waals surface area contributed by atoms with Crippen LogP contribution >= 0.6 is 0 Å². The Labute approximate surface area is 124 Å². The van der Waals surface area contributed by atoms with Crippen molar-refractivity contribution >= 4 is 21.6 Å². The SMILES string of the molecule is Nc1cccc(OCCS(=O)(=O)N2CCCNC(=O)C2)c1. The molecule has 0 atom stereocenters.